The van der Waals surface area contributed by atoms with E-state index in [-0.39, 0.29) is 28.6 Å². The second kappa shape index (κ2) is 10.6. The van der Waals surface area contributed by atoms with Crippen LogP contribution < -0.4 is 14.2 Å². The van der Waals surface area contributed by atoms with Crippen molar-refractivity contribution in [2.75, 3.05) is 24.9 Å². The zero-order valence-electron chi connectivity index (χ0n) is 21.0. The summed E-state index contributed by atoms with van der Waals surface area (Å²) in [6.07, 6.45) is 0.673. The molecular formula is C28H32N2O5S. The van der Waals surface area contributed by atoms with Crippen LogP contribution in [-0.4, -0.2) is 45.5 Å². The van der Waals surface area contributed by atoms with Gasteiger partial charge in [0.15, 0.2) is 0 Å². The zero-order chi connectivity index (χ0) is 25.9. The fourth-order valence-electron chi connectivity index (χ4n) is 4.53. The Morgan fingerprint density at radius 2 is 1.81 bits per heavy atom. The van der Waals surface area contributed by atoms with Gasteiger partial charge in [0.1, 0.15) is 22.5 Å². The molecule has 1 fully saturated rings. The molecule has 8 heteroatoms. The highest BCUT2D eigenvalue weighted by atomic mass is 32.2. The smallest absolute Gasteiger partial charge is 0.265 e. The number of ether oxygens (including phenoxy) is 2. The Bertz CT molecular complexity index is 1360. The van der Waals surface area contributed by atoms with Crippen molar-refractivity contribution in [1.82, 2.24) is 4.90 Å². The molecule has 1 aliphatic heterocycles. The van der Waals surface area contributed by atoms with Gasteiger partial charge in [-0.1, -0.05) is 42.8 Å². The van der Waals surface area contributed by atoms with Crippen LogP contribution in [0.15, 0.2) is 71.6 Å². The molecule has 1 aliphatic rings. The maximum absolute atomic E-state index is 13.3. The highest BCUT2D eigenvalue weighted by Crippen LogP contribution is 2.30. The van der Waals surface area contributed by atoms with Crippen molar-refractivity contribution >= 4 is 21.6 Å². The Hall–Kier alpha value is -3.52. The predicted molar refractivity (Wildman–Crippen MR) is 140 cm³/mol. The van der Waals surface area contributed by atoms with Crippen molar-refractivity contribution in [2.24, 2.45) is 5.92 Å². The van der Waals surface area contributed by atoms with E-state index in [0.717, 1.165) is 23.1 Å². The van der Waals surface area contributed by atoms with Gasteiger partial charge in [-0.15, -0.1) is 0 Å². The molecule has 0 aliphatic carbocycles. The summed E-state index contributed by atoms with van der Waals surface area (Å²) in [5, 5.41) is 0. The van der Waals surface area contributed by atoms with E-state index in [4.69, 9.17) is 9.47 Å². The molecule has 1 N–H and O–H groups in total. The SMILES string of the molecule is CCC1CN(C(=O)c2cc(C)ccc2C)CC1Oc1cccc(NS(=O)(=O)c2ccccc2OC)c1. The topological polar surface area (TPSA) is 84.9 Å². The Kier molecular flexibility index (Phi) is 7.54. The van der Waals surface area contributed by atoms with E-state index < -0.39 is 10.0 Å². The van der Waals surface area contributed by atoms with Gasteiger partial charge < -0.3 is 14.4 Å². The maximum atomic E-state index is 13.3. The minimum atomic E-state index is -3.86. The van der Waals surface area contributed by atoms with Gasteiger partial charge in [-0.2, -0.15) is 0 Å². The first kappa shape index (κ1) is 25.6. The molecule has 0 spiro atoms. The van der Waals surface area contributed by atoms with Gasteiger partial charge in [0.2, 0.25) is 0 Å². The molecule has 7 nitrogen and oxygen atoms in total. The third-order valence-corrected chi connectivity index (χ3v) is 7.97. The first-order valence-corrected chi connectivity index (χ1v) is 13.5. The third-order valence-electron chi connectivity index (χ3n) is 6.55. The third kappa shape index (κ3) is 5.49. The van der Waals surface area contributed by atoms with Crippen LogP contribution in [0.25, 0.3) is 0 Å². The van der Waals surface area contributed by atoms with Crippen LogP contribution in [0, 0.1) is 19.8 Å². The van der Waals surface area contributed by atoms with Gasteiger partial charge in [0, 0.05) is 24.1 Å². The minimum Gasteiger partial charge on any atom is -0.495 e. The van der Waals surface area contributed by atoms with Crippen LogP contribution in [0.4, 0.5) is 5.69 Å². The average molecular weight is 509 g/mol. The van der Waals surface area contributed by atoms with Gasteiger partial charge in [0.25, 0.3) is 15.9 Å². The molecule has 0 bridgehead atoms. The molecule has 0 radical (unpaired) electrons. The van der Waals surface area contributed by atoms with Crippen molar-refractivity contribution in [1.29, 1.82) is 0 Å². The second-order valence-electron chi connectivity index (χ2n) is 9.14. The van der Waals surface area contributed by atoms with Crippen molar-refractivity contribution < 1.29 is 22.7 Å². The summed E-state index contributed by atoms with van der Waals surface area (Å²) < 4.78 is 40.0. The van der Waals surface area contributed by atoms with E-state index in [1.54, 1.807) is 42.5 Å². The van der Waals surface area contributed by atoms with Crippen LogP contribution in [-0.2, 0) is 10.0 Å². The first-order chi connectivity index (χ1) is 17.2. The number of nitrogens with one attached hydrogen (secondary N) is 1. The quantitative estimate of drug-likeness (QED) is 0.461. The summed E-state index contributed by atoms with van der Waals surface area (Å²) in [5.41, 5.74) is 3.11. The number of aryl methyl sites for hydroxylation is 2. The number of carbonyl (C=O) groups is 1. The van der Waals surface area contributed by atoms with E-state index >= 15 is 0 Å². The average Bonchev–Trinajstić information content (AvgIpc) is 3.27. The molecule has 0 saturated carbocycles. The van der Waals surface area contributed by atoms with Crippen LogP contribution in [0.3, 0.4) is 0 Å². The maximum Gasteiger partial charge on any atom is 0.265 e. The number of amides is 1. The fourth-order valence-corrected chi connectivity index (χ4v) is 5.75. The number of para-hydroxylation sites is 1. The summed E-state index contributed by atoms with van der Waals surface area (Å²) >= 11 is 0. The van der Waals surface area contributed by atoms with E-state index in [1.165, 1.54) is 13.2 Å². The highest BCUT2D eigenvalue weighted by molar-refractivity contribution is 7.92. The van der Waals surface area contributed by atoms with Crippen molar-refractivity contribution in [2.45, 2.75) is 38.2 Å². The molecule has 190 valence electrons. The summed E-state index contributed by atoms with van der Waals surface area (Å²) in [6, 6.07) is 19.2. The van der Waals surface area contributed by atoms with Crippen molar-refractivity contribution in [3.63, 3.8) is 0 Å². The lowest BCUT2D eigenvalue weighted by atomic mass is 10.0. The number of nitrogens with zero attached hydrogens (tertiary/aromatic N) is 1. The molecule has 1 amide bonds. The monoisotopic (exact) mass is 508 g/mol. The first-order valence-electron chi connectivity index (χ1n) is 12.0. The van der Waals surface area contributed by atoms with Crippen molar-refractivity contribution in [3.05, 3.63) is 83.4 Å². The molecule has 1 heterocycles. The summed E-state index contributed by atoms with van der Waals surface area (Å²) in [6.45, 7) is 7.11. The summed E-state index contributed by atoms with van der Waals surface area (Å²) in [5.74, 6) is 0.995. The van der Waals surface area contributed by atoms with E-state index in [2.05, 4.69) is 11.6 Å². The molecule has 36 heavy (non-hydrogen) atoms. The van der Waals surface area contributed by atoms with Gasteiger partial charge in [-0.05, 0) is 56.2 Å². The summed E-state index contributed by atoms with van der Waals surface area (Å²) in [4.78, 5) is 15.2. The Labute approximate surface area is 213 Å². The van der Waals surface area contributed by atoms with Crippen LogP contribution in [0.5, 0.6) is 11.5 Å². The highest BCUT2D eigenvalue weighted by Gasteiger charge is 2.36. The van der Waals surface area contributed by atoms with E-state index in [0.29, 0.717) is 24.5 Å². The molecule has 0 aromatic heterocycles. The number of hydrogen-bond donors (Lipinski definition) is 1. The lowest BCUT2D eigenvalue weighted by molar-refractivity contribution is 0.0771. The van der Waals surface area contributed by atoms with Crippen LogP contribution in [0.2, 0.25) is 0 Å². The lowest BCUT2D eigenvalue weighted by Crippen LogP contribution is -2.31. The number of methoxy groups -OCH3 is 1. The van der Waals surface area contributed by atoms with Crippen LogP contribution >= 0.6 is 0 Å². The number of rotatable bonds is 8. The number of carbonyl (C=O) groups excluding carboxylic acids is 1. The normalized spacial score (nSPS) is 17.6. The van der Waals surface area contributed by atoms with E-state index in [9.17, 15) is 13.2 Å². The number of anilines is 1. The second-order valence-corrected chi connectivity index (χ2v) is 10.8. The van der Waals surface area contributed by atoms with Gasteiger partial charge in [-0.3, -0.25) is 9.52 Å². The largest absolute Gasteiger partial charge is 0.495 e. The Balaban J connectivity index is 1.49. The standard InChI is InChI=1S/C28H32N2O5S/c1-5-21-17-30(28(31)24-15-19(2)13-14-20(24)3)18-26(21)35-23-10-8-9-22(16-23)29-36(32,33)27-12-7-6-11-25(27)34-4/h6-16,21,26,29H,5,17-18H2,1-4H3. The molecule has 2 unspecified atom stereocenters. The number of hydrogen-bond acceptors (Lipinski definition) is 5. The zero-order valence-corrected chi connectivity index (χ0v) is 21.8. The van der Waals surface area contributed by atoms with Gasteiger partial charge in [0.05, 0.1) is 19.3 Å². The van der Waals surface area contributed by atoms with Gasteiger partial charge >= 0.3 is 0 Å². The number of benzene rings is 3. The van der Waals surface area contributed by atoms with Crippen molar-refractivity contribution in [3.8, 4) is 11.5 Å². The molecule has 3 aromatic rings. The fraction of sp³-hybridized carbons (Fsp3) is 0.321. The number of likely N-dealkylation sites (tertiary alicyclic amines) is 1. The molecule has 3 aromatic carbocycles. The number of sulfonamides is 1. The van der Waals surface area contributed by atoms with E-state index in [1.807, 2.05) is 36.9 Å². The predicted octanol–water partition coefficient (Wildman–Crippen LogP) is 5.04. The van der Waals surface area contributed by atoms with Gasteiger partial charge in [-0.25, -0.2) is 8.42 Å². The minimum absolute atomic E-state index is 0.0130. The molecule has 2 atom stereocenters. The summed E-state index contributed by atoms with van der Waals surface area (Å²) in [7, 11) is -2.42. The Morgan fingerprint density at radius 3 is 2.56 bits per heavy atom. The molecule has 4 rings (SSSR count). The molecule has 1 saturated heterocycles. The Morgan fingerprint density at radius 1 is 1.03 bits per heavy atom. The molecular weight excluding hydrogens is 476 g/mol. The van der Waals surface area contributed by atoms with Crippen LogP contribution in [0.1, 0.15) is 34.8 Å². The lowest BCUT2D eigenvalue weighted by Gasteiger charge is -2.20.